The summed E-state index contributed by atoms with van der Waals surface area (Å²) in [5, 5.41) is 12.7. The maximum atomic E-state index is 13.6. The number of aliphatic hydroxyl groups is 1. The molecule has 2 aromatic rings. The Morgan fingerprint density at radius 1 is 1.10 bits per heavy atom. The van der Waals surface area contributed by atoms with Crippen LogP contribution in [0.2, 0.25) is 0 Å². The highest BCUT2D eigenvalue weighted by molar-refractivity contribution is 5.46. The fraction of sp³-hybridized carbons (Fsp3) is 0.294. The molecule has 0 aliphatic rings. The zero-order chi connectivity index (χ0) is 15.2. The van der Waals surface area contributed by atoms with Crippen molar-refractivity contribution in [2.45, 2.75) is 20.0 Å². The van der Waals surface area contributed by atoms with E-state index in [1.807, 2.05) is 44.2 Å². The molecule has 0 aliphatic heterocycles. The van der Waals surface area contributed by atoms with Crippen LogP contribution in [0.15, 0.2) is 42.5 Å². The molecule has 2 rings (SSSR count). The molecule has 0 fully saturated rings. The average Bonchev–Trinajstić information content (AvgIpc) is 2.46. The van der Waals surface area contributed by atoms with E-state index in [9.17, 15) is 9.50 Å². The van der Waals surface area contributed by atoms with Crippen molar-refractivity contribution in [1.29, 1.82) is 0 Å². The summed E-state index contributed by atoms with van der Waals surface area (Å²) in [7, 11) is 0. The van der Waals surface area contributed by atoms with Gasteiger partial charge < -0.3 is 15.2 Å². The Hall–Kier alpha value is -2.07. The van der Waals surface area contributed by atoms with Crippen molar-refractivity contribution in [3.05, 3.63) is 59.4 Å². The third-order valence-electron chi connectivity index (χ3n) is 3.12. The van der Waals surface area contributed by atoms with Crippen LogP contribution in [-0.4, -0.2) is 24.4 Å². The fourth-order valence-electron chi connectivity index (χ4n) is 1.88. The van der Waals surface area contributed by atoms with Gasteiger partial charge in [-0.05, 0) is 43.7 Å². The van der Waals surface area contributed by atoms with Gasteiger partial charge in [0.05, 0.1) is 5.69 Å². The van der Waals surface area contributed by atoms with Crippen molar-refractivity contribution in [1.82, 2.24) is 0 Å². The van der Waals surface area contributed by atoms with Crippen molar-refractivity contribution >= 4 is 5.69 Å². The quantitative estimate of drug-likeness (QED) is 0.857. The van der Waals surface area contributed by atoms with Gasteiger partial charge >= 0.3 is 0 Å². The lowest BCUT2D eigenvalue weighted by atomic mass is 10.2. The highest BCUT2D eigenvalue weighted by Gasteiger charge is 2.07. The lowest BCUT2D eigenvalue weighted by molar-refractivity contribution is 0.117. The van der Waals surface area contributed by atoms with E-state index in [4.69, 9.17) is 4.74 Å². The molecular weight excluding hydrogens is 269 g/mol. The Morgan fingerprint density at radius 3 is 2.43 bits per heavy atom. The van der Waals surface area contributed by atoms with Crippen LogP contribution in [0, 0.1) is 19.7 Å². The van der Waals surface area contributed by atoms with E-state index < -0.39 is 6.10 Å². The highest BCUT2D eigenvalue weighted by atomic mass is 19.1. The number of hydrogen-bond acceptors (Lipinski definition) is 3. The predicted octanol–water partition coefficient (Wildman–Crippen LogP) is 3.29. The van der Waals surface area contributed by atoms with Crippen LogP contribution in [0.4, 0.5) is 10.1 Å². The molecular formula is C17H20FNO2. The maximum Gasteiger partial charge on any atom is 0.146 e. The number of aliphatic hydroxyl groups excluding tert-OH is 1. The van der Waals surface area contributed by atoms with Crippen molar-refractivity contribution < 1.29 is 14.2 Å². The number of hydrogen-bond donors (Lipinski definition) is 2. The van der Waals surface area contributed by atoms with Crippen LogP contribution in [0.25, 0.3) is 0 Å². The molecule has 0 bridgehead atoms. The molecule has 0 heterocycles. The summed E-state index contributed by atoms with van der Waals surface area (Å²) in [4.78, 5) is 0. The minimum atomic E-state index is -0.716. The summed E-state index contributed by atoms with van der Waals surface area (Å²) in [5.74, 6) is 0.391. The number of rotatable bonds is 6. The Morgan fingerprint density at radius 2 is 1.76 bits per heavy atom. The second-order valence-electron chi connectivity index (χ2n) is 5.14. The molecule has 2 N–H and O–H groups in total. The van der Waals surface area contributed by atoms with E-state index in [2.05, 4.69) is 5.32 Å². The number of halogens is 1. The van der Waals surface area contributed by atoms with Crippen LogP contribution >= 0.6 is 0 Å². The van der Waals surface area contributed by atoms with Gasteiger partial charge in [0.15, 0.2) is 0 Å². The fourth-order valence-corrected chi connectivity index (χ4v) is 1.88. The van der Waals surface area contributed by atoms with Gasteiger partial charge in [-0.3, -0.25) is 0 Å². The zero-order valence-electron chi connectivity index (χ0n) is 12.3. The molecule has 3 nitrogen and oxygen atoms in total. The molecule has 0 spiro atoms. The standard InChI is InChI=1S/C17H20FNO2/c1-12-3-6-15(7-4-12)21-11-14(20)10-19-17-8-5-13(2)9-16(17)18/h3-9,14,19-20H,10-11H2,1-2H3. The van der Waals surface area contributed by atoms with Crippen LogP contribution < -0.4 is 10.1 Å². The van der Waals surface area contributed by atoms with Gasteiger partial charge in [0, 0.05) is 6.54 Å². The third kappa shape index (κ3) is 4.76. The first kappa shape index (κ1) is 15.3. The van der Waals surface area contributed by atoms with Crippen LogP contribution in [-0.2, 0) is 0 Å². The van der Waals surface area contributed by atoms with Crippen LogP contribution in [0.3, 0.4) is 0 Å². The number of nitrogens with one attached hydrogen (secondary N) is 1. The van der Waals surface area contributed by atoms with Gasteiger partial charge in [-0.1, -0.05) is 23.8 Å². The van der Waals surface area contributed by atoms with Gasteiger partial charge in [-0.25, -0.2) is 4.39 Å². The van der Waals surface area contributed by atoms with E-state index in [1.54, 1.807) is 6.07 Å². The summed E-state index contributed by atoms with van der Waals surface area (Å²) in [6, 6.07) is 12.5. The van der Waals surface area contributed by atoms with E-state index in [1.165, 1.54) is 6.07 Å². The zero-order valence-corrected chi connectivity index (χ0v) is 12.3. The summed E-state index contributed by atoms with van der Waals surface area (Å²) in [5.41, 5.74) is 2.40. The van der Waals surface area contributed by atoms with E-state index >= 15 is 0 Å². The number of anilines is 1. The number of aryl methyl sites for hydroxylation is 2. The largest absolute Gasteiger partial charge is 0.491 e. The molecule has 0 saturated carbocycles. The smallest absolute Gasteiger partial charge is 0.146 e. The molecule has 1 atom stereocenters. The van der Waals surface area contributed by atoms with Crippen molar-refractivity contribution in [2.75, 3.05) is 18.5 Å². The molecule has 0 saturated heterocycles. The normalized spacial score (nSPS) is 12.0. The summed E-state index contributed by atoms with van der Waals surface area (Å²) < 4.78 is 19.1. The van der Waals surface area contributed by atoms with Gasteiger partial charge in [-0.2, -0.15) is 0 Å². The molecule has 112 valence electrons. The first-order valence-corrected chi connectivity index (χ1v) is 6.92. The van der Waals surface area contributed by atoms with E-state index in [-0.39, 0.29) is 19.0 Å². The first-order chi connectivity index (χ1) is 10.0. The van der Waals surface area contributed by atoms with Crippen LogP contribution in [0.1, 0.15) is 11.1 Å². The van der Waals surface area contributed by atoms with E-state index in [0.717, 1.165) is 11.1 Å². The highest BCUT2D eigenvalue weighted by Crippen LogP contribution is 2.15. The van der Waals surface area contributed by atoms with Gasteiger partial charge in [0.25, 0.3) is 0 Å². The molecule has 21 heavy (non-hydrogen) atoms. The Kier molecular flexibility index (Phi) is 5.17. The summed E-state index contributed by atoms with van der Waals surface area (Å²) >= 11 is 0. The SMILES string of the molecule is Cc1ccc(OCC(O)CNc2ccc(C)cc2F)cc1. The maximum absolute atomic E-state index is 13.6. The molecule has 1 unspecified atom stereocenters. The topological polar surface area (TPSA) is 41.5 Å². The molecule has 2 aromatic carbocycles. The summed E-state index contributed by atoms with van der Waals surface area (Å²) in [6.07, 6.45) is -0.716. The minimum absolute atomic E-state index is 0.156. The van der Waals surface area contributed by atoms with Crippen LogP contribution in [0.5, 0.6) is 5.75 Å². The number of ether oxygens (including phenoxy) is 1. The Balaban J connectivity index is 1.79. The lowest BCUT2D eigenvalue weighted by Gasteiger charge is -2.14. The van der Waals surface area contributed by atoms with Gasteiger partial charge in [0.1, 0.15) is 24.3 Å². The second kappa shape index (κ2) is 7.09. The molecule has 0 aliphatic carbocycles. The molecule has 0 amide bonds. The second-order valence-corrected chi connectivity index (χ2v) is 5.14. The van der Waals surface area contributed by atoms with Crippen molar-refractivity contribution in [3.8, 4) is 5.75 Å². The predicted molar refractivity (Wildman–Crippen MR) is 82.3 cm³/mol. The van der Waals surface area contributed by atoms with Gasteiger partial charge in [0.2, 0.25) is 0 Å². The first-order valence-electron chi connectivity index (χ1n) is 6.92. The third-order valence-corrected chi connectivity index (χ3v) is 3.12. The van der Waals surface area contributed by atoms with Crippen molar-refractivity contribution in [2.24, 2.45) is 0 Å². The monoisotopic (exact) mass is 289 g/mol. The molecule has 0 aromatic heterocycles. The Bertz CT molecular complexity index is 584. The van der Waals surface area contributed by atoms with Crippen molar-refractivity contribution in [3.63, 3.8) is 0 Å². The minimum Gasteiger partial charge on any atom is -0.491 e. The molecule has 0 radical (unpaired) electrons. The Labute approximate surface area is 124 Å². The van der Waals surface area contributed by atoms with E-state index in [0.29, 0.717) is 11.4 Å². The molecule has 4 heteroatoms. The summed E-state index contributed by atoms with van der Waals surface area (Å²) in [6.45, 7) is 4.21. The van der Waals surface area contributed by atoms with Gasteiger partial charge in [-0.15, -0.1) is 0 Å². The average molecular weight is 289 g/mol. The number of benzene rings is 2. The lowest BCUT2D eigenvalue weighted by Crippen LogP contribution is -2.26.